The first-order valence-electron chi connectivity index (χ1n) is 19.8. The highest BCUT2D eigenvalue weighted by Gasteiger charge is 2.19. The fourth-order valence-corrected chi connectivity index (χ4v) is 10.2. The van der Waals surface area contributed by atoms with Gasteiger partial charge < -0.3 is 9.47 Å². The maximum absolute atomic E-state index is 6.03. The van der Waals surface area contributed by atoms with Crippen LogP contribution in [-0.2, 0) is 0 Å². The lowest BCUT2D eigenvalue weighted by Crippen LogP contribution is -1.97. The van der Waals surface area contributed by atoms with Crippen LogP contribution >= 0.6 is 54.5 Å². The van der Waals surface area contributed by atoms with Crippen molar-refractivity contribution < 1.29 is 9.47 Å². The molecule has 0 amide bonds. The van der Waals surface area contributed by atoms with Crippen molar-refractivity contribution in [3.05, 3.63) is 117 Å². The Balaban J connectivity index is 1.10. The van der Waals surface area contributed by atoms with Crippen molar-refractivity contribution in [1.29, 1.82) is 0 Å². The van der Waals surface area contributed by atoms with E-state index in [0.717, 1.165) is 45.1 Å². The molecule has 0 unspecified atom stereocenters. The van der Waals surface area contributed by atoms with Crippen LogP contribution in [0.5, 0.6) is 11.5 Å². The predicted octanol–water partition coefficient (Wildman–Crippen LogP) is 17.1. The molecule has 2 heterocycles. The third-order valence-electron chi connectivity index (χ3n) is 9.91. The zero-order valence-corrected chi connectivity index (χ0v) is 36.5. The van der Waals surface area contributed by atoms with Gasteiger partial charge in [0.05, 0.1) is 30.5 Å². The van der Waals surface area contributed by atoms with E-state index in [4.69, 9.17) is 9.47 Å². The average Bonchev–Trinajstić information content (AvgIpc) is 3.79. The van der Waals surface area contributed by atoms with Crippen molar-refractivity contribution in [2.45, 2.75) is 90.9 Å². The molecule has 0 saturated heterocycles. The summed E-state index contributed by atoms with van der Waals surface area (Å²) in [4.78, 5) is 2.54. The van der Waals surface area contributed by atoms with Crippen LogP contribution in [0, 0.1) is 0 Å². The van der Waals surface area contributed by atoms with Gasteiger partial charge in [0.15, 0.2) is 0 Å². The number of hydrogen-bond donors (Lipinski definition) is 0. The van der Waals surface area contributed by atoms with Crippen LogP contribution < -0.4 is 9.47 Å². The van der Waals surface area contributed by atoms with Crippen molar-refractivity contribution in [3.8, 4) is 65.8 Å². The van der Waals surface area contributed by atoms with Gasteiger partial charge in [-0.3, -0.25) is 0 Å². The minimum Gasteiger partial charge on any atom is -0.494 e. The summed E-state index contributed by atoms with van der Waals surface area (Å²) in [5, 5.41) is 0. The van der Waals surface area contributed by atoms with Gasteiger partial charge in [0.1, 0.15) is 11.5 Å². The van der Waals surface area contributed by atoms with Gasteiger partial charge in [-0.15, -0.1) is 22.7 Å². The molecule has 0 aliphatic heterocycles. The maximum Gasteiger partial charge on any atom is 0.119 e. The predicted molar refractivity (Wildman–Crippen MR) is 243 cm³/mol. The molecule has 0 radical (unpaired) electrons. The van der Waals surface area contributed by atoms with Crippen molar-refractivity contribution >= 4 is 54.5 Å². The van der Waals surface area contributed by atoms with Crippen LogP contribution in [0.1, 0.15) is 90.9 Å². The summed E-state index contributed by atoms with van der Waals surface area (Å²) < 4.78 is 14.3. The zero-order valence-electron chi connectivity index (χ0n) is 31.7. The smallest absolute Gasteiger partial charge is 0.119 e. The van der Waals surface area contributed by atoms with Crippen LogP contribution in [-0.4, -0.2) is 13.2 Å². The molecule has 0 atom stereocenters. The van der Waals surface area contributed by atoms with Crippen LogP contribution in [0.15, 0.2) is 117 Å². The molecule has 0 N–H and O–H groups in total. The Hall–Kier alpha value is -3.16. The summed E-state index contributed by atoms with van der Waals surface area (Å²) in [6.45, 7) is 6.10. The average molecular weight is 885 g/mol. The standard InChI is InChI=1S/C48H52Br2O2S2/c1-3-5-7-9-11-13-31-51-41-27-23-37(24-28-41)35-15-19-39(20-16-35)43-33-45(49)53-47(43)48-44(34-46(50)54-48)40-21-17-36(18-22-40)38-25-29-42(30-26-38)52-32-14-12-10-8-6-4-2/h15-30,33-34H,3-14,31-32H2,1-2H3. The highest BCUT2D eigenvalue weighted by atomic mass is 79.9. The fourth-order valence-electron chi connectivity index (χ4n) is 6.80. The van der Waals surface area contributed by atoms with Gasteiger partial charge in [-0.1, -0.05) is 151 Å². The molecule has 0 spiro atoms. The number of unbranched alkanes of at least 4 members (excludes halogenated alkanes) is 10. The molecule has 282 valence electrons. The number of hydrogen-bond acceptors (Lipinski definition) is 4. The van der Waals surface area contributed by atoms with E-state index in [9.17, 15) is 0 Å². The number of benzene rings is 4. The quantitative estimate of drug-likeness (QED) is 0.0671. The minimum atomic E-state index is 0.788. The second kappa shape index (κ2) is 21.2. The van der Waals surface area contributed by atoms with E-state index in [2.05, 4.69) is 155 Å². The highest BCUT2D eigenvalue weighted by Crippen LogP contribution is 2.50. The van der Waals surface area contributed by atoms with Crippen molar-refractivity contribution in [2.24, 2.45) is 0 Å². The summed E-state index contributed by atoms with van der Waals surface area (Å²) in [6, 6.07) is 39.5. The summed E-state index contributed by atoms with van der Waals surface area (Å²) in [5.41, 5.74) is 9.69. The van der Waals surface area contributed by atoms with Gasteiger partial charge in [-0.05, 0) is 114 Å². The van der Waals surface area contributed by atoms with E-state index in [1.165, 1.54) is 118 Å². The van der Waals surface area contributed by atoms with Gasteiger partial charge in [0.2, 0.25) is 0 Å². The molecular weight excluding hydrogens is 832 g/mol. The molecule has 6 aromatic rings. The van der Waals surface area contributed by atoms with Gasteiger partial charge in [-0.2, -0.15) is 0 Å². The third-order valence-corrected chi connectivity index (χ3v) is 13.4. The second-order valence-electron chi connectivity index (χ2n) is 14.0. The van der Waals surface area contributed by atoms with Crippen LogP contribution in [0.3, 0.4) is 0 Å². The molecule has 54 heavy (non-hydrogen) atoms. The zero-order chi connectivity index (χ0) is 37.5. The van der Waals surface area contributed by atoms with Gasteiger partial charge in [0.25, 0.3) is 0 Å². The van der Waals surface area contributed by atoms with Crippen molar-refractivity contribution in [3.63, 3.8) is 0 Å². The number of halogens is 2. The van der Waals surface area contributed by atoms with Gasteiger partial charge in [0, 0.05) is 11.1 Å². The van der Waals surface area contributed by atoms with E-state index < -0.39 is 0 Å². The van der Waals surface area contributed by atoms with E-state index in [1.807, 2.05) is 0 Å². The molecule has 0 saturated carbocycles. The van der Waals surface area contributed by atoms with Crippen LogP contribution in [0.25, 0.3) is 54.3 Å². The molecule has 0 aliphatic rings. The molecule has 6 rings (SSSR count). The molecule has 4 aromatic carbocycles. The molecule has 0 bridgehead atoms. The topological polar surface area (TPSA) is 18.5 Å². The van der Waals surface area contributed by atoms with E-state index in [1.54, 1.807) is 22.7 Å². The van der Waals surface area contributed by atoms with Gasteiger partial charge in [-0.25, -0.2) is 0 Å². The Morgan fingerprint density at radius 1 is 0.389 bits per heavy atom. The van der Waals surface area contributed by atoms with Crippen molar-refractivity contribution in [1.82, 2.24) is 0 Å². The Morgan fingerprint density at radius 3 is 1.04 bits per heavy atom. The fraction of sp³-hybridized carbons (Fsp3) is 0.333. The molecule has 0 fully saturated rings. The van der Waals surface area contributed by atoms with Crippen LogP contribution in [0.2, 0.25) is 0 Å². The maximum atomic E-state index is 6.03. The van der Waals surface area contributed by atoms with Crippen LogP contribution in [0.4, 0.5) is 0 Å². The van der Waals surface area contributed by atoms with E-state index >= 15 is 0 Å². The Morgan fingerprint density at radius 2 is 0.685 bits per heavy atom. The first-order valence-corrected chi connectivity index (χ1v) is 23.0. The number of rotatable bonds is 21. The first kappa shape index (κ1) is 40.5. The Kier molecular flexibility index (Phi) is 15.9. The summed E-state index contributed by atoms with van der Waals surface area (Å²) in [7, 11) is 0. The lowest BCUT2D eigenvalue weighted by Gasteiger charge is -2.10. The molecule has 0 aliphatic carbocycles. The second-order valence-corrected chi connectivity index (χ2v) is 18.9. The SMILES string of the molecule is CCCCCCCCOc1ccc(-c2ccc(-c3cc(Br)sc3-c3sc(Br)cc3-c3ccc(-c4ccc(OCCCCCCCC)cc4)cc3)cc2)cc1. The third kappa shape index (κ3) is 11.4. The molecular formula is C48H52Br2O2S2. The Labute approximate surface area is 348 Å². The minimum absolute atomic E-state index is 0.788. The number of thiophene rings is 2. The monoisotopic (exact) mass is 882 g/mol. The lowest BCUT2D eigenvalue weighted by molar-refractivity contribution is 0.304. The van der Waals surface area contributed by atoms with Crippen molar-refractivity contribution in [2.75, 3.05) is 13.2 Å². The van der Waals surface area contributed by atoms with Gasteiger partial charge >= 0.3 is 0 Å². The number of ether oxygens (including phenoxy) is 2. The van der Waals surface area contributed by atoms with E-state index in [0.29, 0.717) is 0 Å². The van der Waals surface area contributed by atoms with E-state index in [-0.39, 0.29) is 0 Å². The lowest BCUT2D eigenvalue weighted by atomic mass is 9.98. The normalized spacial score (nSPS) is 11.3. The first-order chi connectivity index (χ1) is 26.5. The molecule has 6 heteroatoms. The molecule has 2 aromatic heterocycles. The largest absolute Gasteiger partial charge is 0.494 e. The Bertz CT molecular complexity index is 1850. The highest BCUT2D eigenvalue weighted by molar-refractivity contribution is 9.11. The summed E-state index contributed by atoms with van der Waals surface area (Å²) in [6.07, 6.45) is 15.3. The summed E-state index contributed by atoms with van der Waals surface area (Å²) >= 11 is 11.2. The summed E-state index contributed by atoms with van der Waals surface area (Å²) in [5.74, 6) is 1.89. The molecule has 2 nitrogen and oxygen atoms in total.